The molecule has 0 heterocycles. The minimum Gasteiger partial charge on any atom is -0.466 e. The number of aliphatic hydroxyl groups is 1. The van der Waals surface area contributed by atoms with Crippen molar-refractivity contribution in [1.82, 2.24) is 0 Å². The summed E-state index contributed by atoms with van der Waals surface area (Å²) in [6.07, 6.45) is 2.64. The molecule has 0 unspecified atom stereocenters. The van der Waals surface area contributed by atoms with E-state index in [1.165, 1.54) is 19.3 Å². The van der Waals surface area contributed by atoms with E-state index in [9.17, 15) is 9.90 Å². The van der Waals surface area contributed by atoms with E-state index in [1.54, 1.807) is 13.8 Å². The van der Waals surface area contributed by atoms with E-state index in [4.69, 9.17) is 0 Å². The number of hydrogen-bond donors (Lipinski definition) is 1. The lowest BCUT2D eigenvalue weighted by Gasteiger charge is -2.17. The SMILES string of the molecule is C=C/C(=C\C(=O)OC)C(C)(C)O. The van der Waals surface area contributed by atoms with Gasteiger partial charge in [0.15, 0.2) is 0 Å². The van der Waals surface area contributed by atoms with Gasteiger partial charge in [-0.1, -0.05) is 12.7 Å². The average Bonchev–Trinajstić information content (AvgIpc) is 1.97. The van der Waals surface area contributed by atoms with Gasteiger partial charge in [-0.05, 0) is 19.4 Å². The maximum atomic E-state index is 10.8. The highest BCUT2D eigenvalue weighted by Crippen LogP contribution is 2.15. The fraction of sp³-hybridized carbons (Fsp3) is 0.444. The second-order valence-corrected chi connectivity index (χ2v) is 2.89. The summed E-state index contributed by atoms with van der Waals surface area (Å²) in [7, 11) is 1.28. The molecule has 0 aromatic carbocycles. The predicted molar refractivity (Wildman–Crippen MR) is 46.6 cm³/mol. The fourth-order valence-electron chi connectivity index (χ4n) is 0.671. The van der Waals surface area contributed by atoms with Gasteiger partial charge in [0, 0.05) is 6.08 Å². The van der Waals surface area contributed by atoms with Gasteiger partial charge >= 0.3 is 5.97 Å². The van der Waals surface area contributed by atoms with Gasteiger partial charge in [-0.2, -0.15) is 0 Å². The van der Waals surface area contributed by atoms with Crippen LogP contribution in [0.3, 0.4) is 0 Å². The highest BCUT2D eigenvalue weighted by atomic mass is 16.5. The molecule has 0 saturated heterocycles. The summed E-state index contributed by atoms with van der Waals surface area (Å²) in [5, 5.41) is 9.47. The van der Waals surface area contributed by atoms with Gasteiger partial charge in [0.1, 0.15) is 0 Å². The van der Waals surface area contributed by atoms with Gasteiger partial charge in [-0.15, -0.1) is 0 Å². The molecular formula is C9H14O3. The molecule has 0 radical (unpaired) electrons. The lowest BCUT2D eigenvalue weighted by Crippen LogP contribution is -2.21. The van der Waals surface area contributed by atoms with Crippen LogP contribution in [0, 0.1) is 0 Å². The van der Waals surface area contributed by atoms with E-state index in [2.05, 4.69) is 11.3 Å². The Bertz CT molecular complexity index is 208. The van der Waals surface area contributed by atoms with Crippen LogP contribution in [-0.2, 0) is 9.53 Å². The molecule has 0 rings (SSSR count). The molecule has 0 spiro atoms. The van der Waals surface area contributed by atoms with E-state index in [-0.39, 0.29) is 0 Å². The normalized spacial score (nSPS) is 12.5. The molecule has 12 heavy (non-hydrogen) atoms. The first-order valence-electron chi connectivity index (χ1n) is 3.56. The maximum Gasteiger partial charge on any atom is 0.330 e. The highest BCUT2D eigenvalue weighted by Gasteiger charge is 2.17. The Balaban J connectivity index is 4.67. The molecule has 3 heteroatoms. The van der Waals surface area contributed by atoms with Crippen LogP contribution in [0.25, 0.3) is 0 Å². The first-order chi connectivity index (χ1) is 5.41. The molecule has 0 aromatic heterocycles. The van der Waals surface area contributed by atoms with Gasteiger partial charge < -0.3 is 9.84 Å². The Labute approximate surface area is 72.3 Å². The summed E-state index contributed by atoms with van der Waals surface area (Å²) in [6.45, 7) is 6.62. The largest absolute Gasteiger partial charge is 0.466 e. The Morgan fingerprint density at radius 3 is 2.33 bits per heavy atom. The van der Waals surface area contributed by atoms with Crippen molar-refractivity contribution in [2.75, 3.05) is 7.11 Å². The minimum atomic E-state index is -1.06. The fourth-order valence-corrected chi connectivity index (χ4v) is 0.671. The molecule has 3 nitrogen and oxygen atoms in total. The highest BCUT2D eigenvalue weighted by molar-refractivity contribution is 5.83. The molecule has 0 saturated carbocycles. The molecular weight excluding hydrogens is 156 g/mol. The van der Waals surface area contributed by atoms with E-state index in [0.29, 0.717) is 5.57 Å². The van der Waals surface area contributed by atoms with E-state index in [0.717, 1.165) is 0 Å². The molecule has 0 atom stereocenters. The molecule has 0 aliphatic rings. The first kappa shape index (κ1) is 10.9. The van der Waals surface area contributed by atoms with Crippen molar-refractivity contribution >= 4 is 5.97 Å². The van der Waals surface area contributed by atoms with Crippen molar-refractivity contribution in [2.24, 2.45) is 0 Å². The molecule has 0 amide bonds. The number of rotatable bonds is 3. The number of carbonyl (C=O) groups is 1. The Morgan fingerprint density at radius 1 is 1.58 bits per heavy atom. The Morgan fingerprint density at radius 2 is 2.08 bits per heavy atom. The first-order valence-corrected chi connectivity index (χ1v) is 3.56. The van der Waals surface area contributed by atoms with E-state index >= 15 is 0 Å². The van der Waals surface area contributed by atoms with Crippen molar-refractivity contribution in [3.63, 3.8) is 0 Å². The van der Waals surface area contributed by atoms with Crippen LogP contribution >= 0.6 is 0 Å². The molecule has 0 bridgehead atoms. The number of hydrogen-bond acceptors (Lipinski definition) is 3. The van der Waals surface area contributed by atoms with Crippen LogP contribution in [0.2, 0.25) is 0 Å². The van der Waals surface area contributed by atoms with Crippen LogP contribution in [0.5, 0.6) is 0 Å². The van der Waals surface area contributed by atoms with Crippen LogP contribution in [-0.4, -0.2) is 23.8 Å². The second-order valence-electron chi connectivity index (χ2n) is 2.89. The minimum absolute atomic E-state index is 0.439. The second kappa shape index (κ2) is 4.07. The zero-order valence-corrected chi connectivity index (χ0v) is 7.63. The third-order valence-corrected chi connectivity index (χ3v) is 1.40. The summed E-state index contributed by atoms with van der Waals surface area (Å²) >= 11 is 0. The lowest BCUT2D eigenvalue weighted by atomic mass is 9.98. The topological polar surface area (TPSA) is 46.5 Å². The summed E-state index contributed by atoms with van der Waals surface area (Å²) in [6, 6.07) is 0. The van der Waals surface area contributed by atoms with Crippen molar-refractivity contribution in [2.45, 2.75) is 19.4 Å². The maximum absolute atomic E-state index is 10.8. The summed E-state index contributed by atoms with van der Waals surface area (Å²) in [4.78, 5) is 10.8. The molecule has 0 aromatic rings. The van der Waals surface area contributed by atoms with Crippen LogP contribution in [0.4, 0.5) is 0 Å². The zero-order chi connectivity index (χ0) is 9.78. The van der Waals surface area contributed by atoms with Gasteiger partial charge in [0.05, 0.1) is 12.7 Å². The van der Waals surface area contributed by atoms with Crippen molar-refractivity contribution in [1.29, 1.82) is 0 Å². The van der Waals surface area contributed by atoms with Gasteiger partial charge in [0.2, 0.25) is 0 Å². The molecule has 0 fully saturated rings. The average molecular weight is 170 g/mol. The van der Waals surface area contributed by atoms with E-state index < -0.39 is 11.6 Å². The summed E-state index contributed by atoms with van der Waals surface area (Å²) in [5.41, 5.74) is -0.620. The Kier molecular flexibility index (Phi) is 3.70. The summed E-state index contributed by atoms with van der Waals surface area (Å²) in [5.74, 6) is -0.493. The molecule has 0 aliphatic carbocycles. The molecule has 68 valence electrons. The number of esters is 1. The van der Waals surface area contributed by atoms with Crippen molar-refractivity contribution in [3.8, 4) is 0 Å². The van der Waals surface area contributed by atoms with Crippen LogP contribution in [0.15, 0.2) is 24.3 Å². The third kappa shape index (κ3) is 3.34. The van der Waals surface area contributed by atoms with Gasteiger partial charge in [-0.25, -0.2) is 4.79 Å². The van der Waals surface area contributed by atoms with Crippen LogP contribution < -0.4 is 0 Å². The quantitative estimate of drug-likeness (QED) is 0.391. The Hall–Kier alpha value is -1.09. The standard InChI is InChI=1S/C9H14O3/c1-5-7(9(2,3)11)6-8(10)12-4/h5-6,11H,1H2,2-4H3/b7-6+. The third-order valence-electron chi connectivity index (χ3n) is 1.40. The lowest BCUT2D eigenvalue weighted by molar-refractivity contribution is -0.135. The number of carbonyl (C=O) groups excluding carboxylic acids is 1. The van der Waals surface area contributed by atoms with Crippen molar-refractivity contribution < 1.29 is 14.6 Å². The number of ether oxygens (including phenoxy) is 1. The molecule has 1 N–H and O–H groups in total. The number of methoxy groups -OCH3 is 1. The smallest absolute Gasteiger partial charge is 0.330 e. The van der Waals surface area contributed by atoms with Gasteiger partial charge in [-0.3, -0.25) is 0 Å². The summed E-state index contributed by atoms with van der Waals surface area (Å²) < 4.78 is 4.40. The molecule has 0 aliphatic heterocycles. The van der Waals surface area contributed by atoms with E-state index in [1.807, 2.05) is 0 Å². The van der Waals surface area contributed by atoms with Gasteiger partial charge in [0.25, 0.3) is 0 Å². The van der Waals surface area contributed by atoms with Crippen molar-refractivity contribution in [3.05, 3.63) is 24.3 Å². The monoisotopic (exact) mass is 170 g/mol. The zero-order valence-electron chi connectivity index (χ0n) is 7.63. The predicted octanol–water partition coefficient (Wildman–Crippen LogP) is 1.04. The van der Waals surface area contributed by atoms with Crippen LogP contribution in [0.1, 0.15) is 13.8 Å².